The third-order valence-corrected chi connectivity index (χ3v) is 4.59. The zero-order valence-electron chi connectivity index (χ0n) is 10.4. The lowest BCUT2D eigenvalue weighted by atomic mass is 10.1. The lowest BCUT2D eigenvalue weighted by molar-refractivity contribution is 0.453. The normalized spacial score (nSPS) is 21.6. The van der Waals surface area contributed by atoms with Crippen molar-refractivity contribution in [2.45, 2.75) is 18.5 Å². The van der Waals surface area contributed by atoms with E-state index in [1.54, 1.807) is 18.2 Å². The standard InChI is InChI=1S/C12H14Cl2N2O2S/c1-19(17,18)6-2-5-12(8-13)15-10-4-3-9(14)7-11(10)16-12/h3-4,7H,2,5-6,8H2,1H3. The van der Waals surface area contributed by atoms with Crippen molar-refractivity contribution < 1.29 is 8.42 Å². The topological polar surface area (TPSA) is 58.9 Å². The zero-order valence-corrected chi connectivity index (χ0v) is 12.8. The number of nitrogens with zero attached hydrogens (tertiary/aromatic N) is 2. The highest BCUT2D eigenvalue weighted by atomic mass is 35.5. The van der Waals surface area contributed by atoms with Gasteiger partial charge in [-0.1, -0.05) is 11.6 Å². The number of rotatable bonds is 5. The van der Waals surface area contributed by atoms with Crippen LogP contribution in [-0.2, 0) is 9.84 Å². The number of hydrogen-bond acceptors (Lipinski definition) is 4. The Morgan fingerprint density at radius 3 is 2.58 bits per heavy atom. The molecule has 0 bridgehead atoms. The minimum Gasteiger partial charge on any atom is -0.252 e. The highest BCUT2D eigenvalue weighted by molar-refractivity contribution is 7.90. The van der Waals surface area contributed by atoms with Crippen molar-refractivity contribution in [3.63, 3.8) is 0 Å². The number of benzene rings is 1. The summed E-state index contributed by atoms with van der Waals surface area (Å²) in [5, 5.41) is 2.07. The van der Waals surface area contributed by atoms with Gasteiger partial charge in [0, 0.05) is 11.3 Å². The largest absolute Gasteiger partial charge is 0.252 e. The van der Waals surface area contributed by atoms with E-state index in [0.29, 0.717) is 23.2 Å². The first-order chi connectivity index (χ1) is 8.84. The maximum atomic E-state index is 11.1. The first-order valence-corrected chi connectivity index (χ1v) is 8.80. The van der Waals surface area contributed by atoms with E-state index in [9.17, 15) is 8.42 Å². The maximum Gasteiger partial charge on any atom is 0.165 e. The molecule has 4 nitrogen and oxygen atoms in total. The van der Waals surface area contributed by atoms with Crippen LogP contribution < -0.4 is 10.7 Å². The van der Waals surface area contributed by atoms with E-state index < -0.39 is 15.5 Å². The third kappa shape index (κ3) is 3.68. The molecule has 0 spiro atoms. The van der Waals surface area contributed by atoms with Gasteiger partial charge in [-0.25, -0.2) is 8.42 Å². The van der Waals surface area contributed by atoms with E-state index in [1.165, 1.54) is 6.26 Å². The molecule has 0 saturated carbocycles. The van der Waals surface area contributed by atoms with Gasteiger partial charge in [0.25, 0.3) is 0 Å². The minimum absolute atomic E-state index is 0.119. The molecule has 1 aromatic carbocycles. The van der Waals surface area contributed by atoms with E-state index in [1.807, 2.05) is 0 Å². The maximum absolute atomic E-state index is 11.1. The van der Waals surface area contributed by atoms with Gasteiger partial charge in [0.2, 0.25) is 0 Å². The van der Waals surface area contributed by atoms with Crippen LogP contribution in [0, 0.1) is 0 Å². The number of sulfone groups is 1. The second-order valence-corrected chi connectivity index (χ2v) is 7.67. The van der Waals surface area contributed by atoms with Crippen molar-refractivity contribution in [2.24, 2.45) is 9.98 Å². The average molecular weight is 321 g/mol. The molecule has 104 valence electrons. The summed E-state index contributed by atoms with van der Waals surface area (Å²) in [5.41, 5.74) is -0.751. The second-order valence-electron chi connectivity index (χ2n) is 4.71. The van der Waals surface area contributed by atoms with Crippen LogP contribution in [0.1, 0.15) is 12.8 Å². The van der Waals surface area contributed by atoms with Crippen molar-refractivity contribution in [3.8, 4) is 0 Å². The third-order valence-electron chi connectivity index (χ3n) is 2.90. The van der Waals surface area contributed by atoms with E-state index >= 15 is 0 Å². The van der Waals surface area contributed by atoms with Crippen LogP contribution in [0.3, 0.4) is 0 Å². The molecule has 19 heavy (non-hydrogen) atoms. The Balaban J connectivity index is 2.22. The van der Waals surface area contributed by atoms with Crippen LogP contribution in [0.2, 0.25) is 5.02 Å². The summed E-state index contributed by atoms with van der Waals surface area (Å²) in [6, 6.07) is 5.29. The van der Waals surface area contributed by atoms with Crippen molar-refractivity contribution in [3.05, 3.63) is 33.9 Å². The molecule has 0 radical (unpaired) electrons. The lowest BCUT2D eigenvalue weighted by Crippen LogP contribution is -2.26. The minimum atomic E-state index is -2.97. The molecule has 0 aromatic heterocycles. The van der Waals surface area contributed by atoms with Gasteiger partial charge in [-0.15, -0.1) is 11.6 Å². The zero-order chi connectivity index (χ0) is 14.1. The SMILES string of the molecule is CS(=O)(=O)CCCC1(CCl)N=c2ccc(Cl)cc2=N1. The van der Waals surface area contributed by atoms with Crippen LogP contribution in [0.15, 0.2) is 28.2 Å². The predicted molar refractivity (Wildman–Crippen MR) is 76.2 cm³/mol. The highest BCUT2D eigenvalue weighted by Crippen LogP contribution is 2.23. The van der Waals surface area contributed by atoms with Gasteiger partial charge < -0.3 is 0 Å². The number of alkyl halides is 1. The summed E-state index contributed by atoms with van der Waals surface area (Å²) < 4.78 is 22.3. The van der Waals surface area contributed by atoms with Crippen LogP contribution in [-0.4, -0.2) is 32.0 Å². The molecule has 1 unspecified atom stereocenters. The Hall–Kier alpha value is -0.650. The summed E-state index contributed by atoms with van der Waals surface area (Å²) in [6.45, 7) is 0. The fraction of sp³-hybridized carbons (Fsp3) is 0.500. The van der Waals surface area contributed by atoms with Crippen LogP contribution in [0.5, 0.6) is 0 Å². The quantitative estimate of drug-likeness (QED) is 0.769. The molecule has 0 N–H and O–H groups in total. The summed E-state index contributed by atoms with van der Waals surface area (Å²) in [6.07, 6.45) is 2.22. The van der Waals surface area contributed by atoms with Crippen molar-refractivity contribution >= 4 is 33.0 Å². The Morgan fingerprint density at radius 1 is 1.26 bits per heavy atom. The number of fused-ring (bicyclic) bond motifs is 1. The van der Waals surface area contributed by atoms with Crippen molar-refractivity contribution in [1.82, 2.24) is 0 Å². The fourth-order valence-corrected chi connectivity index (χ4v) is 3.10. The summed E-state index contributed by atoms with van der Waals surface area (Å²) >= 11 is 11.9. The van der Waals surface area contributed by atoms with Gasteiger partial charge in [0.05, 0.1) is 22.3 Å². The Kier molecular flexibility index (Phi) is 4.18. The molecular formula is C12H14Cl2N2O2S. The summed E-state index contributed by atoms with van der Waals surface area (Å²) in [7, 11) is -2.97. The van der Waals surface area contributed by atoms with Gasteiger partial charge in [-0.3, -0.25) is 9.98 Å². The lowest BCUT2D eigenvalue weighted by Gasteiger charge is -2.19. The van der Waals surface area contributed by atoms with E-state index in [4.69, 9.17) is 23.2 Å². The molecule has 1 atom stereocenters. The Bertz CT molecular complexity index is 703. The van der Waals surface area contributed by atoms with E-state index in [-0.39, 0.29) is 11.6 Å². The smallest absolute Gasteiger partial charge is 0.165 e. The monoisotopic (exact) mass is 320 g/mol. The second kappa shape index (κ2) is 5.38. The molecule has 0 amide bonds. The molecule has 7 heteroatoms. The van der Waals surface area contributed by atoms with E-state index in [0.717, 1.165) is 5.36 Å². The van der Waals surface area contributed by atoms with Crippen LogP contribution >= 0.6 is 23.2 Å². The van der Waals surface area contributed by atoms with Gasteiger partial charge >= 0.3 is 0 Å². The van der Waals surface area contributed by atoms with Gasteiger partial charge in [0.1, 0.15) is 9.84 Å². The number of halogens is 2. The number of hydrogen-bond donors (Lipinski definition) is 0. The molecule has 0 fully saturated rings. The Labute approximate surface area is 122 Å². The average Bonchev–Trinajstić information content (AvgIpc) is 2.65. The summed E-state index contributed by atoms with van der Waals surface area (Å²) in [5.74, 6) is 0.344. The molecule has 1 heterocycles. The van der Waals surface area contributed by atoms with E-state index in [2.05, 4.69) is 9.98 Å². The molecule has 2 rings (SSSR count). The molecule has 1 aromatic rings. The molecular weight excluding hydrogens is 307 g/mol. The predicted octanol–water partition coefficient (Wildman–Crippen LogP) is 1.35. The summed E-state index contributed by atoms with van der Waals surface area (Å²) in [4.78, 5) is 9.01. The first kappa shape index (κ1) is 14.8. The molecule has 1 aliphatic rings. The van der Waals surface area contributed by atoms with Crippen molar-refractivity contribution in [2.75, 3.05) is 17.9 Å². The molecule has 0 aliphatic carbocycles. The van der Waals surface area contributed by atoms with Gasteiger partial charge in [-0.05, 0) is 31.0 Å². The highest BCUT2D eigenvalue weighted by Gasteiger charge is 2.30. The fourth-order valence-electron chi connectivity index (χ4n) is 2.01. The molecule has 1 aliphatic heterocycles. The van der Waals surface area contributed by atoms with Gasteiger partial charge in [-0.2, -0.15) is 0 Å². The van der Waals surface area contributed by atoms with Gasteiger partial charge in [0.15, 0.2) is 5.66 Å². The first-order valence-electron chi connectivity index (χ1n) is 5.83. The van der Waals surface area contributed by atoms with Crippen LogP contribution in [0.4, 0.5) is 0 Å². The molecule has 0 saturated heterocycles. The van der Waals surface area contributed by atoms with Crippen molar-refractivity contribution in [1.29, 1.82) is 0 Å². The van der Waals surface area contributed by atoms with Crippen LogP contribution in [0.25, 0.3) is 0 Å². The Morgan fingerprint density at radius 2 is 1.95 bits per heavy atom.